The highest BCUT2D eigenvalue weighted by atomic mass is 19.4. The fourth-order valence-corrected chi connectivity index (χ4v) is 2.78. The van der Waals surface area contributed by atoms with Crippen LogP contribution in [0.5, 0.6) is 0 Å². The zero-order chi connectivity index (χ0) is 15.5. The standard InChI is InChI=1S/C15H18F3N3/c16-15(17,18)14-9-13(2-1-12(14)10-20)21-7-4-11(3-6-19)5-8-21/h1-2,9,11H,3-8,19H2. The van der Waals surface area contributed by atoms with Crippen LogP contribution in [0.2, 0.25) is 0 Å². The minimum atomic E-state index is -4.50. The molecule has 1 aromatic carbocycles. The van der Waals surface area contributed by atoms with Crippen LogP contribution in [0.25, 0.3) is 0 Å². The van der Waals surface area contributed by atoms with E-state index in [1.54, 1.807) is 12.1 Å². The molecule has 1 fully saturated rings. The number of hydrogen-bond acceptors (Lipinski definition) is 3. The van der Waals surface area contributed by atoms with Gasteiger partial charge in [-0.15, -0.1) is 0 Å². The molecule has 1 aromatic rings. The molecule has 21 heavy (non-hydrogen) atoms. The van der Waals surface area contributed by atoms with Crippen LogP contribution in [0.1, 0.15) is 30.4 Å². The van der Waals surface area contributed by atoms with Crippen LogP contribution in [0.4, 0.5) is 18.9 Å². The molecule has 0 spiro atoms. The summed E-state index contributed by atoms with van der Waals surface area (Å²) >= 11 is 0. The summed E-state index contributed by atoms with van der Waals surface area (Å²) in [5.41, 5.74) is 4.89. The zero-order valence-corrected chi connectivity index (χ0v) is 11.7. The van der Waals surface area contributed by atoms with E-state index >= 15 is 0 Å². The van der Waals surface area contributed by atoms with E-state index in [4.69, 9.17) is 11.0 Å². The number of rotatable bonds is 3. The van der Waals surface area contributed by atoms with Crippen molar-refractivity contribution in [3.63, 3.8) is 0 Å². The van der Waals surface area contributed by atoms with Gasteiger partial charge in [0, 0.05) is 18.8 Å². The van der Waals surface area contributed by atoms with E-state index < -0.39 is 11.7 Å². The fraction of sp³-hybridized carbons (Fsp3) is 0.533. The van der Waals surface area contributed by atoms with Gasteiger partial charge in [0.25, 0.3) is 0 Å². The van der Waals surface area contributed by atoms with Crippen molar-refractivity contribution in [3.05, 3.63) is 29.3 Å². The first-order chi connectivity index (χ1) is 9.95. The lowest BCUT2D eigenvalue weighted by molar-refractivity contribution is -0.137. The maximum Gasteiger partial charge on any atom is 0.417 e. The van der Waals surface area contributed by atoms with E-state index in [1.807, 2.05) is 4.90 Å². The van der Waals surface area contributed by atoms with Gasteiger partial charge in [0.05, 0.1) is 17.2 Å². The van der Waals surface area contributed by atoms with Gasteiger partial charge in [-0.05, 0) is 49.9 Å². The predicted molar refractivity (Wildman–Crippen MR) is 74.8 cm³/mol. The number of anilines is 1. The molecule has 1 aliphatic rings. The number of alkyl halides is 3. The number of nitrogens with zero attached hydrogens (tertiary/aromatic N) is 2. The Morgan fingerprint density at radius 2 is 1.95 bits per heavy atom. The normalized spacial score (nSPS) is 16.8. The second kappa shape index (κ2) is 6.35. The number of piperidine rings is 1. The Kier molecular flexibility index (Phi) is 4.73. The highest BCUT2D eigenvalue weighted by Crippen LogP contribution is 2.35. The molecule has 1 aliphatic heterocycles. The first-order valence-electron chi connectivity index (χ1n) is 7.02. The lowest BCUT2D eigenvalue weighted by Crippen LogP contribution is -2.34. The Morgan fingerprint density at radius 1 is 1.29 bits per heavy atom. The van der Waals surface area contributed by atoms with E-state index in [1.165, 1.54) is 6.07 Å². The summed E-state index contributed by atoms with van der Waals surface area (Å²) in [5, 5.41) is 8.80. The smallest absolute Gasteiger partial charge is 0.372 e. The highest BCUT2D eigenvalue weighted by molar-refractivity contribution is 5.55. The average Bonchev–Trinajstić information content (AvgIpc) is 2.47. The van der Waals surface area contributed by atoms with Crippen molar-refractivity contribution >= 4 is 5.69 Å². The Labute approximate surface area is 122 Å². The van der Waals surface area contributed by atoms with Crippen LogP contribution in [-0.2, 0) is 6.18 Å². The van der Waals surface area contributed by atoms with Gasteiger partial charge in [0.2, 0.25) is 0 Å². The molecular weight excluding hydrogens is 279 g/mol. The van der Waals surface area contributed by atoms with Gasteiger partial charge in [-0.1, -0.05) is 0 Å². The molecule has 0 bridgehead atoms. The van der Waals surface area contributed by atoms with E-state index in [-0.39, 0.29) is 5.56 Å². The van der Waals surface area contributed by atoms with Crippen LogP contribution in [0.3, 0.4) is 0 Å². The third kappa shape index (κ3) is 3.67. The van der Waals surface area contributed by atoms with Crippen LogP contribution in [0, 0.1) is 17.2 Å². The summed E-state index contributed by atoms with van der Waals surface area (Å²) in [6, 6.07) is 5.54. The molecule has 2 N–H and O–H groups in total. The number of halogens is 3. The van der Waals surface area contributed by atoms with Crippen molar-refractivity contribution in [1.82, 2.24) is 0 Å². The first kappa shape index (κ1) is 15.6. The van der Waals surface area contributed by atoms with E-state index in [0.29, 0.717) is 18.2 Å². The topological polar surface area (TPSA) is 53.0 Å². The second-order valence-electron chi connectivity index (χ2n) is 5.35. The molecule has 1 saturated heterocycles. The van der Waals surface area contributed by atoms with Gasteiger partial charge < -0.3 is 10.6 Å². The number of hydrogen-bond donors (Lipinski definition) is 1. The summed E-state index contributed by atoms with van der Waals surface area (Å²) in [6.07, 6.45) is -1.65. The fourth-order valence-electron chi connectivity index (χ4n) is 2.78. The van der Waals surface area contributed by atoms with Gasteiger partial charge in [-0.2, -0.15) is 18.4 Å². The lowest BCUT2D eigenvalue weighted by Gasteiger charge is -2.34. The van der Waals surface area contributed by atoms with Crippen LogP contribution >= 0.6 is 0 Å². The Balaban J connectivity index is 2.17. The number of benzene rings is 1. The van der Waals surface area contributed by atoms with E-state index in [9.17, 15) is 13.2 Å². The molecule has 0 amide bonds. The summed E-state index contributed by atoms with van der Waals surface area (Å²) in [6.45, 7) is 2.11. The van der Waals surface area contributed by atoms with Crippen molar-refractivity contribution in [2.75, 3.05) is 24.5 Å². The van der Waals surface area contributed by atoms with Gasteiger partial charge in [-0.3, -0.25) is 0 Å². The maximum atomic E-state index is 13.0. The van der Waals surface area contributed by atoms with Crippen molar-refractivity contribution in [1.29, 1.82) is 5.26 Å². The summed E-state index contributed by atoms with van der Waals surface area (Å²) in [4.78, 5) is 1.95. The van der Waals surface area contributed by atoms with Crippen molar-refractivity contribution in [3.8, 4) is 6.07 Å². The molecule has 0 radical (unpaired) electrons. The largest absolute Gasteiger partial charge is 0.417 e. The molecule has 2 rings (SSSR count). The van der Waals surface area contributed by atoms with Gasteiger partial charge in [0.1, 0.15) is 0 Å². The van der Waals surface area contributed by atoms with Crippen molar-refractivity contribution < 1.29 is 13.2 Å². The van der Waals surface area contributed by atoms with Crippen LogP contribution in [0.15, 0.2) is 18.2 Å². The van der Waals surface area contributed by atoms with Crippen molar-refractivity contribution in [2.24, 2.45) is 11.7 Å². The molecule has 0 aliphatic carbocycles. The minimum Gasteiger partial charge on any atom is -0.372 e. The molecule has 0 atom stereocenters. The Morgan fingerprint density at radius 3 is 2.48 bits per heavy atom. The van der Waals surface area contributed by atoms with Crippen molar-refractivity contribution in [2.45, 2.75) is 25.4 Å². The zero-order valence-electron chi connectivity index (χ0n) is 11.7. The van der Waals surface area contributed by atoms with Gasteiger partial charge >= 0.3 is 6.18 Å². The SMILES string of the molecule is N#Cc1ccc(N2CCC(CCN)CC2)cc1C(F)(F)F. The highest BCUT2D eigenvalue weighted by Gasteiger charge is 2.34. The monoisotopic (exact) mass is 297 g/mol. The Bertz CT molecular complexity index is 526. The second-order valence-corrected chi connectivity index (χ2v) is 5.35. The molecule has 3 nitrogen and oxygen atoms in total. The minimum absolute atomic E-state index is 0.329. The average molecular weight is 297 g/mol. The lowest BCUT2D eigenvalue weighted by atomic mass is 9.93. The number of nitrogens with two attached hydrogens (primary N) is 1. The number of nitriles is 1. The van der Waals surface area contributed by atoms with E-state index in [2.05, 4.69) is 0 Å². The molecule has 0 unspecified atom stereocenters. The van der Waals surface area contributed by atoms with Crippen LogP contribution < -0.4 is 10.6 Å². The maximum absolute atomic E-state index is 13.0. The quantitative estimate of drug-likeness (QED) is 0.932. The molecule has 0 saturated carbocycles. The summed E-state index contributed by atoms with van der Waals surface area (Å²) in [7, 11) is 0. The summed E-state index contributed by atoms with van der Waals surface area (Å²) < 4.78 is 38.9. The molecular formula is C15H18F3N3. The third-order valence-electron chi connectivity index (χ3n) is 3.98. The molecule has 0 aromatic heterocycles. The third-order valence-corrected chi connectivity index (χ3v) is 3.98. The van der Waals surface area contributed by atoms with E-state index in [0.717, 1.165) is 38.4 Å². The molecule has 1 heterocycles. The molecule has 6 heteroatoms. The first-order valence-corrected chi connectivity index (χ1v) is 7.02. The molecule has 114 valence electrons. The van der Waals surface area contributed by atoms with Gasteiger partial charge in [-0.25, -0.2) is 0 Å². The predicted octanol–water partition coefficient (Wildman–Crippen LogP) is 3.14. The Hall–Kier alpha value is -1.74. The van der Waals surface area contributed by atoms with Gasteiger partial charge in [0.15, 0.2) is 0 Å². The van der Waals surface area contributed by atoms with Crippen LogP contribution in [-0.4, -0.2) is 19.6 Å². The summed E-state index contributed by atoms with van der Waals surface area (Å²) in [5.74, 6) is 0.562.